The Bertz CT molecular complexity index is 559. The standard InChI is InChI=1S/C20H35N5OS/c1-2-21-20(23-11-6-12-25-13-15-26-16-14-25)22-10-5-9-19-24-17-7-3-4-8-18(17)27-19/h2-16H2,1H3,(H2,21,22,23). The van der Waals surface area contributed by atoms with Crippen LogP contribution in [-0.2, 0) is 24.0 Å². The largest absolute Gasteiger partial charge is 0.379 e. The van der Waals surface area contributed by atoms with Gasteiger partial charge in [0.15, 0.2) is 5.96 Å². The number of nitrogens with one attached hydrogen (secondary N) is 2. The number of thiazole rings is 1. The van der Waals surface area contributed by atoms with E-state index in [1.165, 1.54) is 41.3 Å². The molecule has 0 atom stereocenters. The third kappa shape index (κ3) is 7.05. The Morgan fingerprint density at radius 3 is 2.85 bits per heavy atom. The molecule has 2 N–H and O–H groups in total. The van der Waals surface area contributed by atoms with E-state index in [2.05, 4.69) is 22.5 Å². The molecule has 0 unspecified atom stereocenters. The van der Waals surface area contributed by atoms with Gasteiger partial charge in [-0.15, -0.1) is 11.3 Å². The zero-order valence-electron chi connectivity index (χ0n) is 16.8. The number of rotatable bonds is 9. The maximum atomic E-state index is 5.40. The number of guanidine groups is 1. The minimum atomic E-state index is 0.850. The van der Waals surface area contributed by atoms with Crippen LogP contribution in [0.4, 0.5) is 0 Å². The number of ether oxygens (including phenoxy) is 1. The van der Waals surface area contributed by atoms with Gasteiger partial charge in [0.25, 0.3) is 0 Å². The van der Waals surface area contributed by atoms with Crippen LogP contribution in [0.1, 0.15) is 48.2 Å². The Kier molecular flexibility index (Phi) is 8.84. The van der Waals surface area contributed by atoms with E-state index in [0.717, 1.165) is 77.7 Å². The van der Waals surface area contributed by atoms with Crippen LogP contribution in [0.15, 0.2) is 4.99 Å². The molecule has 2 aliphatic rings. The second-order valence-corrected chi connectivity index (χ2v) is 8.45. The van der Waals surface area contributed by atoms with Gasteiger partial charge in [0.1, 0.15) is 0 Å². The molecular weight excluding hydrogens is 358 g/mol. The molecule has 1 aromatic heterocycles. The average molecular weight is 394 g/mol. The number of aromatic nitrogens is 1. The van der Waals surface area contributed by atoms with E-state index in [1.54, 1.807) is 0 Å². The van der Waals surface area contributed by atoms with E-state index in [0.29, 0.717) is 0 Å². The van der Waals surface area contributed by atoms with Gasteiger partial charge in [-0.3, -0.25) is 9.89 Å². The first-order chi connectivity index (χ1) is 13.3. The van der Waals surface area contributed by atoms with Crippen LogP contribution in [0.5, 0.6) is 0 Å². The number of aliphatic imine (C=N–C) groups is 1. The quantitative estimate of drug-likeness (QED) is 0.383. The number of fused-ring (bicyclic) bond motifs is 1. The van der Waals surface area contributed by atoms with E-state index in [9.17, 15) is 0 Å². The van der Waals surface area contributed by atoms with Crippen molar-refractivity contribution in [1.29, 1.82) is 0 Å². The molecule has 6 nitrogen and oxygen atoms in total. The molecule has 1 aliphatic heterocycles. The fourth-order valence-electron chi connectivity index (χ4n) is 3.61. The second-order valence-electron chi connectivity index (χ2n) is 7.28. The summed E-state index contributed by atoms with van der Waals surface area (Å²) in [6.45, 7) is 9.83. The molecule has 0 bridgehead atoms. The Hall–Kier alpha value is -1.18. The first kappa shape index (κ1) is 20.6. The molecule has 0 amide bonds. The van der Waals surface area contributed by atoms with Gasteiger partial charge < -0.3 is 15.4 Å². The number of nitrogens with zero attached hydrogens (tertiary/aromatic N) is 3. The molecule has 1 aromatic rings. The summed E-state index contributed by atoms with van der Waals surface area (Å²) in [5, 5.41) is 8.12. The van der Waals surface area contributed by atoms with Crippen molar-refractivity contribution in [1.82, 2.24) is 20.5 Å². The van der Waals surface area contributed by atoms with Crippen LogP contribution in [0.25, 0.3) is 0 Å². The van der Waals surface area contributed by atoms with Crippen LogP contribution >= 0.6 is 11.3 Å². The third-order valence-corrected chi connectivity index (χ3v) is 6.32. The maximum absolute atomic E-state index is 5.40. The van der Waals surface area contributed by atoms with Crippen molar-refractivity contribution in [3.05, 3.63) is 15.6 Å². The van der Waals surface area contributed by atoms with Gasteiger partial charge in [-0.1, -0.05) is 0 Å². The summed E-state index contributed by atoms with van der Waals surface area (Å²) in [6.07, 6.45) is 8.32. The highest BCUT2D eigenvalue weighted by atomic mass is 32.1. The average Bonchev–Trinajstić information content (AvgIpc) is 3.12. The molecule has 152 valence electrons. The zero-order chi connectivity index (χ0) is 18.7. The molecular formula is C20H35N5OS. The van der Waals surface area contributed by atoms with Crippen LogP contribution in [0.2, 0.25) is 0 Å². The highest BCUT2D eigenvalue weighted by Gasteiger charge is 2.14. The van der Waals surface area contributed by atoms with Gasteiger partial charge >= 0.3 is 0 Å². The van der Waals surface area contributed by atoms with E-state index in [1.807, 2.05) is 11.3 Å². The number of hydrogen-bond acceptors (Lipinski definition) is 5. The topological polar surface area (TPSA) is 61.8 Å². The highest BCUT2D eigenvalue weighted by Crippen LogP contribution is 2.27. The smallest absolute Gasteiger partial charge is 0.191 e. The fourth-order valence-corrected chi connectivity index (χ4v) is 4.81. The lowest BCUT2D eigenvalue weighted by Gasteiger charge is -2.26. The van der Waals surface area contributed by atoms with Gasteiger partial charge in [-0.25, -0.2) is 4.98 Å². The molecule has 0 aromatic carbocycles. The summed E-state index contributed by atoms with van der Waals surface area (Å²) < 4.78 is 5.40. The normalized spacial score (nSPS) is 18.3. The monoisotopic (exact) mass is 393 g/mol. The molecule has 3 rings (SSSR count). The zero-order valence-corrected chi connectivity index (χ0v) is 17.6. The highest BCUT2D eigenvalue weighted by molar-refractivity contribution is 7.11. The minimum Gasteiger partial charge on any atom is -0.379 e. The van der Waals surface area contributed by atoms with Crippen molar-refractivity contribution in [2.24, 2.45) is 4.99 Å². The Morgan fingerprint density at radius 1 is 1.19 bits per heavy atom. The summed E-state index contributed by atoms with van der Waals surface area (Å²) in [6, 6.07) is 0. The maximum Gasteiger partial charge on any atom is 0.191 e. The second kappa shape index (κ2) is 11.6. The Labute approximate surface area is 167 Å². The van der Waals surface area contributed by atoms with E-state index in [4.69, 9.17) is 14.7 Å². The number of morpholine rings is 1. The van der Waals surface area contributed by atoms with Crippen molar-refractivity contribution in [3.63, 3.8) is 0 Å². The van der Waals surface area contributed by atoms with Crippen molar-refractivity contribution in [2.45, 2.75) is 51.9 Å². The van der Waals surface area contributed by atoms with E-state index in [-0.39, 0.29) is 0 Å². The SMILES string of the molecule is CCNC(=NCCCc1nc2c(s1)CCCC2)NCCCN1CCOCC1. The first-order valence-electron chi connectivity index (χ1n) is 10.6. The van der Waals surface area contributed by atoms with Crippen molar-refractivity contribution in [3.8, 4) is 0 Å². The van der Waals surface area contributed by atoms with Crippen LogP contribution in [-0.4, -0.2) is 68.3 Å². The summed E-state index contributed by atoms with van der Waals surface area (Å²) >= 11 is 1.93. The number of hydrogen-bond donors (Lipinski definition) is 2. The first-order valence-corrected chi connectivity index (χ1v) is 11.5. The van der Waals surface area contributed by atoms with Gasteiger partial charge in [0.05, 0.1) is 23.9 Å². The van der Waals surface area contributed by atoms with Gasteiger partial charge in [0.2, 0.25) is 0 Å². The summed E-state index contributed by atoms with van der Waals surface area (Å²) in [7, 11) is 0. The van der Waals surface area contributed by atoms with Crippen LogP contribution in [0, 0.1) is 0 Å². The molecule has 7 heteroatoms. The van der Waals surface area contributed by atoms with Crippen molar-refractivity contribution in [2.75, 3.05) is 52.5 Å². The summed E-state index contributed by atoms with van der Waals surface area (Å²) in [4.78, 5) is 13.6. The lowest BCUT2D eigenvalue weighted by Crippen LogP contribution is -2.40. The molecule has 0 spiro atoms. The molecule has 1 fully saturated rings. The molecule has 2 heterocycles. The third-order valence-electron chi connectivity index (χ3n) is 5.10. The molecule has 27 heavy (non-hydrogen) atoms. The van der Waals surface area contributed by atoms with Crippen molar-refractivity contribution < 1.29 is 4.74 Å². The van der Waals surface area contributed by atoms with Gasteiger partial charge in [-0.05, 0) is 52.0 Å². The molecule has 1 saturated heterocycles. The summed E-state index contributed by atoms with van der Waals surface area (Å²) in [5.41, 5.74) is 1.38. The van der Waals surface area contributed by atoms with Gasteiger partial charge in [-0.2, -0.15) is 0 Å². The van der Waals surface area contributed by atoms with Crippen molar-refractivity contribution >= 4 is 17.3 Å². The van der Waals surface area contributed by atoms with Crippen LogP contribution < -0.4 is 10.6 Å². The molecule has 0 radical (unpaired) electrons. The Balaban J connectivity index is 1.33. The number of aryl methyl sites for hydroxylation is 3. The minimum absolute atomic E-state index is 0.850. The van der Waals surface area contributed by atoms with Gasteiger partial charge in [0, 0.05) is 44.0 Å². The fraction of sp³-hybridized carbons (Fsp3) is 0.800. The summed E-state index contributed by atoms with van der Waals surface area (Å²) in [5.74, 6) is 0.943. The molecule has 0 saturated carbocycles. The predicted octanol–water partition coefficient (Wildman–Crippen LogP) is 2.23. The predicted molar refractivity (Wildman–Crippen MR) is 113 cm³/mol. The van der Waals surface area contributed by atoms with E-state index < -0.39 is 0 Å². The van der Waals surface area contributed by atoms with Crippen LogP contribution in [0.3, 0.4) is 0 Å². The van der Waals surface area contributed by atoms with E-state index >= 15 is 0 Å². The lowest BCUT2D eigenvalue weighted by molar-refractivity contribution is 0.0376. The molecule has 1 aliphatic carbocycles. The Morgan fingerprint density at radius 2 is 2.04 bits per heavy atom. The lowest BCUT2D eigenvalue weighted by atomic mass is 10.0.